The molecule has 162 valence electrons. The molecule has 0 bridgehead atoms. The molecule has 6 nitrogen and oxygen atoms in total. The number of ether oxygens (including phenoxy) is 1. The lowest BCUT2D eigenvalue weighted by molar-refractivity contribution is -0.146. The first-order chi connectivity index (χ1) is 15.0. The van der Waals surface area contributed by atoms with E-state index in [-0.39, 0.29) is 12.4 Å². The van der Waals surface area contributed by atoms with Crippen LogP contribution in [0, 0.1) is 0 Å². The molecule has 0 aliphatic rings. The van der Waals surface area contributed by atoms with Crippen molar-refractivity contribution in [3.05, 3.63) is 116 Å². The van der Waals surface area contributed by atoms with Gasteiger partial charge < -0.3 is 13.8 Å². The quantitative estimate of drug-likeness (QED) is 0.197. The molecule has 2 aromatic rings. The molecule has 0 fully saturated rings. The van der Waals surface area contributed by atoms with Gasteiger partial charge in [0.2, 0.25) is 0 Å². The van der Waals surface area contributed by atoms with Crippen molar-refractivity contribution < 1.29 is 23.1 Å². The fraction of sp³-hybridized carbons (Fsp3) is 0.125. The van der Waals surface area contributed by atoms with Crippen LogP contribution in [0.5, 0.6) is 5.75 Å². The Hall–Kier alpha value is -3.34. The number of carbonyl (C=O) groups excluding carboxylic acids is 1. The molecule has 31 heavy (non-hydrogen) atoms. The van der Waals surface area contributed by atoms with Gasteiger partial charge in [-0.05, 0) is 36.8 Å². The van der Waals surface area contributed by atoms with Crippen molar-refractivity contribution in [2.75, 3.05) is 0 Å². The Morgan fingerprint density at radius 1 is 1.06 bits per heavy atom. The maximum atomic E-state index is 13.5. The van der Waals surface area contributed by atoms with Gasteiger partial charge in [-0.1, -0.05) is 79.9 Å². The highest BCUT2D eigenvalue weighted by molar-refractivity contribution is 7.52. The predicted octanol–water partition coefficient (Wildman–Crippen LogP) is 5.72. The molecule has 0 heterocycles. The van der Waals surface area contributed by atoms with Crippen LogP contribution >= 0.6 is 7.75 Å². The van der Waals surface area contributed by atoms with E-state index in [1.54, 1.807) is 48.6 Å². The van der Waals surface area contributed by atoms with Gasteiger partial charge in [-0.3, -0.25) is 4.79 Å². The van der Waals surface area contributed by atoms with Crippen LogP contribution in [-0.2, 0) is 25.2 Å². The first-order valence-electron chi connectivity index (χ1n) is 9.60. The number of hydrogen-bond acceptors (Lipinski definition) is 5. The number of esters is 1. The highest BCUT2D eigenvalue weighted by Gasteiger charge is 2.34. The largest absolute Gasteiger partial charge is 0.513 e. The first kappa shape index (κ1) is 23.9. The van der Waals surface area contributed by atoms with Gasteiger partial charge in [0.15, 0.2) is 0 Å². The van der Waals surface area contributed by atoms with Crippen LogP contribution < -0.4 is 9.61 Å². The van der Waals surface area contributed by atoms with Gasteiger partial charge in [-0.2, -0.15) is 5.09 Å². The van der Waals surface area contributed by atoms with Crippen LogP contribution in [0.2, 0.25) is 0 Å². The predicted molar refractivity (Wildman–Crippen MR) is 122 cm³/mol. The molecular weight excluding hydrogens is 413 g/mol. The van der Waals surface area contributed by atoms with E-state index in [4.69, 9.17) is 13.8 Å². The number of para-hydroxylation sites is 1. The van der Waals surface area contributed by atoms with Crippen LogP contribution in [0.15, 0.2) is 110 Å². The topological polar surface area (TPSA) is 73.9 Å². The molecule has 0 radical (unpaired) electrons. The Kier molecular flexibility index (Phi) is 9.56. The van der Waals surface area contributed by atoms with Gasteiger partial charge in [0, 0.05) is 0 Å². The summed E-state index contributed by atoms with van der Waals surface area (Å²) in [4.78, 5) is 12.5. The van der Waals surface area contributed by atoms with Gasteiger partial charge >= 0.3 is 13.7 Å². The highest BCUT2D eigenvalue weighted by Crippen LogP contribution is 2.47. The molecular formula is C24H26NO5P. The normalized spacial score (nSPS) is 14.3. The molecule has 0 aliphatic carbocycles. The Labute approximate surface area is 183 Å². The summed E-state index contributed by atoms with van der Waals surface area (Å²) in [5.74, 6) is -0.0689. The molecule has 0 spiro atoms. The van der Waals surface area contributed by atoms with Gasteiger partial charge in [-0.25, -0.2) is 4.57 Å². The third-order valence-corrected chi connectivity index (χ3v) is 5.41. The zero-order chi connectivity index (χ0) is 22.5. The first-order valence-corrected chi connectivity index (χ1v) is 11.1. The van der Waals surface area contributed by atoms with Crippen molar-refractivity contribution in [1.82, 2.24) is 5.09 Å². The third kappa shape index (κ3) is 8.51. The fourth-order valence-electron chi connectivity index (χ4n) is 2.37. The van der Waals surface area contributed by atoms with Crippen molar-refractivity contribution in [3.63, 3.8) is 0 Å². The average Bonchev–Trinajstić information content (AvgIpc) is 2.77. The van der Waals surface area contributed by atoms with Gasteiger partial charge in [0.25, 0.3) is 0 Å². The minimum Gasteiger partial charge on any atom is -0.460 e. The fourth-order valence-corrected chi connectivity index (χ4v) is 3.89. The molecule has 2 rings (SSSR count). The standard InChI is InChI=1S/C24H26NO5P/c1-4-6-16-22(13-5-2)29-31(27,30-23-17-11-8-12-18-23)25-20(3)24(26)28-19-21-14-9-7-10-15-21/h4-18,20H,1-2,19H2,3H3,(H,25,27)/b16-6-,22-13+/t20-,31?/m0/s1. The maximum absolute atomic E-state index is 13.5. The lowest BCUT2D eigenvalue weighted by Crippen LogP contribution is -2.35. The van der Waals surface area contributed by atoms with Crippen LogP contribution in [0.1, 0.15) is 12.5 Å². The number of carbonyl (C=O) groups is 1. The highest BCUT2D eigenvalue weighted by atomic mass is 31.2. The molecule has 0 aromatic heterocycles. The summed E-state index contributed by atoms with van der Waals surface area (Å²) < 4.78 is 30.1. The number of rotatable bonds is 12. The monoisotopic (exact) mass is 439 g/mol. The Balaban J connectivity index is 2.16. The van der Waals surface area contributed by atoms with Crippen molar-refractivity contribution in [3.8, 4) is 5.75 Å². The molecule has 7 heteroatoms. The molecule has 2 atom stereocenters. The van der Waals surface area contributed by atoms with E-state index >= 15 is 0 Å². The summed E-state index contributed by atoms with van der Waals surface area (Å²) in [5, 5.41) is 2.64. The summed E-state index contributed by atoms with van der Waals surface area (Å²) in [5.41, 5.74) is 0.841. The second-order valence-corrected chi connectivity index (χ2v) is 7.96. The Bertz CT molecular complexity index is 970. The minimum atomic E-state index is -4.03. The minimum absolute atomic E-state index is 0.0973. The van der Waals surface area contributed by atoms with Crippen molar-refractivity contribution >= 4 is 13.7 Å². The number of nitrogens with one attached hydrogen (secondary N) is 1. The summed E-state index contributed by atoms with van der Waals surface area (Å²) in [6.07, 6.45) is 7.70. The molecule has 0 saturated carbocycles. The van der Waals surface area contributed by atoms with Crippen molar-refractivity contribution in [2.24, 2.45) is 0 Å². The van der Waals surface area contributed by atoms with Crippen LogP contribution in [0.25, 0.3) is 0 Å². The van der Waals surface area contributed by atoms with Gasteiger partial charge in [0.1, 0.15) is 24.2 Å². The smallest absolute Gasteiger partial charge is 0.460 e. The van der Waals surface area contributed by atoms with Gasteiger partial charge in [-0.15, -0.1) is 0 Å². The van der Waals surface area contributed by atoms with E-state index in [1.807, 2.05) is 30.3 Å². The second kappa shape index (κ2) is 12.4. The SMILES string of the molecule is C=C/C=C\C(=C/C=C)OP(=O)(N[C@@H](C)C(=O)OCc1ccccc1)Oc1ccccc1. The lowest BCUT2D eigenvalue weighted by Gasteiger charge is -2.23. The van der Waals surface area contributed by atoms with Crippen LogP contribution in [-0.4, -0.2) is 12.0 Å². The van der Waals surface area contributed by atoms with Crippen LogP contribution in [0.4, 0.5) is 0 Å². The summed E-state index contributed by atoms with van der Waals surface area (Å²) in [7, 11) is -4.03. The Morgan fingerprint density at radius 3 is 2.32 bits per heavy atom. The zero-order valence-electron chi connectivity index (χ0n) is 17.3. The summed E-state index contributed by atoms with van der Waals surface area (Å²) >= 11 is 0. The van der Waals surface area contributed by atoms with Crippen molar-refractivity contribution in [1.29, 1.82) is 0 Å². The molecule has 0 aliphatic heterocycles. The summed E-state index contributed by atoms with van der Waals surface area (Å²) in [6, 6.07) is 16.8. The zero-order valence-corrected chi connectivity index (χ0v) is 18.2. The van der Waals surface area contributed by atoms with Crippen LogP contribution in [0.3, 0.4) is 0 Å². The maximum Gasteiger partial charge on any atom is 0.513 e. The van der Waals surface area contributed by atoms with E-state index in [2.05, 4.69) is 18.2 Å². The van der Waals surface area contributed by atoms with E-state index in [1.165, 1.54) is 19.1 Å². The number of hydrogen-bond donors (Lipinski definition) is 1. The Morgan fingerprint density at radius 2 is 1.71 bits per heavy atom. The van der Waals surface area contributed by atoms with E-state index in [0.29, 0.717) is 5.75 Å². The average molecular weight is 439 g/mol. The number of allylic oxidation sites excluding steroid dienone is 5. The number of benzene rings is 2. The van der Waals surface area contributed by atoms with E-state index in [0.717, 1.165) is 5.56 Å². The second-order valence-electron chi connectivity index (χ2n) is 6.34. The molecule has 0 saturated heterocycles. The third-order valence-electron chi connectivity index (χ3n) is 3.80. The molecule has 2 aromatic carbocycles. The molecule has 1 unspecified atom stereocenters. The van der Waals surface area contributed by atoms with E-state index in [9.17, 15) is 9.36 Å². The summed E-state index contributed by atoms with van der Waals surface area (Å²) in [6.45, 7) is 8.84. The van der Waals surface area contributed by atoms with Gasteiger partial charge in [0.05, 0.1) is 0 Å². The van der Waals surface area contributed by atoms with Crippen molar-refractivity contribution in [2.45, 2.75) is 19.6 Å². The molecule has 1 N–H and O–H groups in total. The molecule has 0 amide bonds. The lowest BCUT2D eigenvalue weighted by atomic mass is 10.2. The van der Waals surface area contributed by atoms with E-state index < -0.39 is 19.8 Å².